The van der Waals surface area contributed by atoms with Crippen LogP contribution in [0.4, 0.5) is 0 Å². The third kappa shape index (κ3) is 8.41. The predicted molar refractivity (Wildman–Crippen MR) is 60.0 cm³/mol. The van der Waals surface area contributed by atoms with Gasteiger partial charge in [-0.3, -0.25) is 0 Å². The van der Waals surface area contributed by atoms with Crippen LogP contribution in [0, 0.1) is 0 Å². The average Bonchev–Trinajstić information content (AvgIpc) is 1.98. The third-order valence-corrected chi connectivity index (χ3v) is 2.87. The van der Waals surface area contributed by atoms with Crippen molar-refractivity contribution >= 4 is 11.8 Å². The lowest BCUT2D eigenvalue weighted by molar-refractivity contribution is 0.526. The summed E-state index contributed by atoms with van der Waals surface area (Å²) in [5, 5.41) is 4.29. The summed E-state index contributed by atoms with van der Waals surface area (Å²) in [5.74, 6) is 1.24. The topological polar surface area (TPSA) is 12.0 Å². The van der Waals surface area contributed by atoms with Crippen LogP contribution in [0.2, 0.25) is 0 Å². The Hall–Kier alpha value is 0.310. The van der Waals surface area contributed by atoms with Gasteiger partial charge < -0.3 is 5.32 Å². The SMILES string of the molecule is CCCC(C)NCCSC(C)C. The number of hydrogen-bond donors (Lipinski definition) is 1. The first-order valence-corrected chi connectivity index (χ1v) is 6.06. The molecule has 1 atom stereocenters. The van der Waals surface area contributed by atoms with E-state index in [4.69, 9.17) is 0 Å². The summed E-state index contributed by atoms with van der Waals surface area (Å²) < 4.78 is 0. The van der Waals surface area contributed by atoms with Gasteiger partial charge in [0.05, 0.1) is 0 Å². The van der Waals surface area contributed by atoms with E-state index in [1.807, 2.05) is 11.8 Å². The first kappa shape index (κ1) is 12.3. The van der Waals surface area contributed by atoms with Crippen molar-refractivity contribution in [2.24, 2.45) is 0 Å². The van der Waals surface area contributed by atoms with Crippen LogP contribution >= 0.6 is 11.8 Å². The van der Waals surface area contributed by atoms with E-state index in [0.717, 1.165) is 11.8 Å². The Labute approximate surface area is 81.7 Å². The van der Waals surface area contributed by atoms with Crippen molar-refractivity contribution < 1.29 is 0 Å². The molecule has 0 bridgehead atoms. The van der Waals surface area contributed by atoms with Crippen molar-refractivity contribution in [2.75, 3.05) is 12.3 Å². The molecule has 0 aromatic carbocycles. The van der Waals surface area contributed by atoms with Gasteiger partial charge in [-0.15, -0.1) is 0 Å². The Morgan fingerprint density at radius 2 is 1.92 bits per heavy atom. The van der Waals surface area contributed by atoms with Gasteiger partial charge in [0, 0.05) is 18.3 Å². The van der Waals surface area contributed by atoms with Gasteiger partial charge in [-0.05, 0) is 18.6 Å². The summed E-state index contributed by atoms with van der Waals surface area (Å²) in [6, 6.07) is 0.697. The van der Waals surface area contributed by atoms with Gasteiger partial charge in [0.15, 0.2) is 0 Å². The van der Waals surface area contributed by atoms with E-state index in [2.05, 4.69) is 33.0 Å². The second-order valence-corrected chi connectivity index (χ2v) is 5.25. The maximum absolute atomic E-state index is 3.52. The van der Waals surface area contributed by atoms with E-state index in [9.17, 15) is 0 Å². The second kappa shape index (κ2) is 7.93. The van der Waals surface area contributed by atoms with Crippen LogP contribution < -0.4 is 5.32 Å². The fourth-order valence-corrected chi connectivity index (χ4v) is 1.84. The lowest BCUT2D eigenvalue weighted by Gasteiger charge is -2.12. The highest BCUT2D eigenvalue weighted by Gasteiger charge is 1.98. The highest BCUT2D eigenvalue weighted by molar-refractivity contribution is 7.99. The fraction of sp³-hybridized carbons (Fsp3) is 1.00. The Morgan fingerprint density at radius 1 is 1.25 bits per heavy atom. The van der Waals surface area contributed by atoms with E-state index >= 15 is 0 Å². The first-order chi connectivity index (χ1) is 5.66. The first-order valence-electron chi connectivity index (χ1n) is 5.01. The van der Waals surface area contributed by atoms with Crippen LogP contribution in [0.15, 0.2) is 0 Å². The number of rotatable bonds is 7. The van der Waals surface area contributed by atoms with Crippen molar-refractivity contribution in [1.29, 1.82) is 0 Å². The highest BCUT2D eigenvalue weighted by atomic mass is 32.2. The third-order valence-electron chi connectivity index (χ3n) is 1.77. The van der Waals surface area contributed by atoms with E-state index in [1.165, 1.54) is 18.6 Å². The number of nitrogens with one attached hydrogen (secondary N) is 1. The Kier molecular flexibility index (Phi) is 8.14. The summed E-state index contributed by atoms with van der Waals surface area (Å²) in [6.07, 6.45) is 2.58. The molecule has 74 valence electrons. The highest BCUT2D eigenvalue weighted by Crippen LogP contribution is 2.07. The maximum Gasteiger partial charge on any atom is 0.00607 e. The van der Waals surface area contributed by atoms with Crippen molar-refractivity contribution in [1.82, 2.24) is 5.32 Å². The summed E-state index contributed by atoms with van der Waals surface area (Å²) >= 11 is 2.03. The molecule has 0 radical (unpaired) electrons. The molecular weight excluding hydrogens is 166 g/mol. The molecule has 12 heavy (non-hydrogen) atoms. The Morgan fingerprint density at radius 3 is 2.42 bits per heavy atom. The molecule has 0 rings (SSSR count). The zero-order chi connectivity index (χ0) is 9.40. The van der Waals surface area contributed by atoms with Crippen LogP contribution in [-0.4, -0.2) is 23.6 Å². The van der Waals surface area contributed by atoms with Crippen LogP contribution in [0.25, 0.3) is 0 Å². The molecule has 0 aliphatic carbocycles. The molecule has 2 heteroatoms. The maximum atomic E-state index is 3.52. The normalized spacial score (nSPS) is 13.8. The standard InChI is InChI=1S/C10H23NS/c1-5-6-10(4)11-7-8-12-9(2)3/h9-11H,5-8H2,1-4H3. The molecule has 0 saturated heterocycles. The van der Waals surface area contributed by atoms with Crippen molar-refractivity contribution in [3.05, 3.63) is 0 Å². The van der Waals surface area contributed by atoms with Gasteiger partial charge in [0.1, 0.15) is 0 Å². The molecule has 0 saturated carbocycles. The van der Waals surface area contributed by atoms with Gasteiger partial charge >= 0.3 is 0 Å². The Bertz CT molecular complexity index is 93.8. The zero-order valence-corrected chi connectivity index (χ0v) is 9.71. The van der Waals surface area contributed by atoms with Crippen LogP contribution in [0.1, 0.15) is 40.5 Å². The van der Waals surface area contributed by atoms with E-state index < -0.39 is 0 Å². The number of thioether (sulfide) groups is 1. The quantitative estimate of drug-likeness (QED) is 0.618. The lowest BCUT2D eigenvalue weighted by Crippen LogP contribution is -2.28. The van der Waals surface area contributed by atoms with Gasteiger partial charge in [0.2, 0.25) is 0 Å². The molecule has 0 amide bonds. The van der Waals surface area contributed by atoms with E-state index in [-0.39, 0.29) is 0 Å². The van der Waals surface area contributed by atoms with Crippen molar-refractivity contribution in [3.8, 4) is 0 Å². The zero-order valence-electron chi connectivity index (χ0n) is 8.89. The largest absolute Gasteiger partial charge is 0.313 e. The molecule has 1 nitrogen and oxygen atoms in total. The van der Waals surface area contributed by atoms with E-state index in [1.54, 1.807) is 0 Å². The molecule has 0 aromatic heterocycles. The summed E-state index contributed by atoms with van der Waals surface area (Å²) in [6.45, 7) is 10.2. The summed E-state index contributed by atoms with van der Waals surface area (Å²) in [4.78, 5) is 0. The van der Waals surface area contributed by atoms with Crippen LogP contribution in [0.3, 0.4) is 0 Å². The van der Waals surface area contributed by atoms with Gasteiger partial charge in [-0.1, -0.05) is 27.2 Å². The molecule has 0 spiro atoms. The minimum atomic E-state index is 0.697. The van der Waals surface area contributed by atoms with Crippen molar-refractivity contribution in [2.45, 2.75) is 51.8 Å². The van der Waals surface area contributed by atoms with Crippen LogP contribution in [-0.2, 0) is 0 Å². The lowest BCUT2D eigenvalue weighted by atomic mass is 10.2. The van der Waals surface area contributed by atoms with Crippen molar-refractivity contribution in [3.63, 3.8) is 0 Å². The monoisotopic (exact) mass is 189 g/mol. The smallest absolute Gasteiger partial charge is 0.00607 e. The molecule has 0 aromatic rings. The molecule has 1 unspecified atom stereocenters. The Balaban J connectivity index is 3.08. The molecular formula is C10H23NS. The second-order valence-electron chi connectivity index (χ2n) is 3.56. The van der Waals surface area contributed by atoms with E-state index in [0.29, 0.717) is 6.04 Å². The predicted octanol–water partition coefficient (Wildman–Crippen LogP) is 2.91. The molecule has 0 fully saturated rings. The molecule has 0 heterocycles. The summed E-state index contributed by atoms with van der Waals surface area (Å²) in [7, 11) is 0. The minimum absolute atomic E-state index is 0.697. The fourth-order valence-electron chi connectivity index (χ4n) is 1.14. The minimum Gasteiger partial charge on any atom is -0.313 e. The molecule has 0 aliphatic heterocycles. The van der Waals surface area contributed by atoms with Crippen LogP contribution in [0.5, 0.6) is 0 Å². The average molecular weight is 189 g/mol. The van der Waals surface area contributed by atoms with Gasteiger partial charge in [0.25, 0.3) is 0 Å². The van der Waals surface area contributed by atoms with Gasteiger partial charge in [-0.25, -0.2) is 0 Å². The summed E-state index contributed by atoms with van der Waals surface area (Å²) in [5.41, 5.74) is 0. The number of hydrogen-bond acceptors (Lipinski definition) is 2. The molecule has 0 aliphatic rings. The van der Waals surface area contributed by atoms with Gasteiger partial charge in [-0.2, -0.15) is 11.8 Å². The molecule has 1 N–H and O–H groups in total.